The molecular formula is C13H18F3NS. The molecule has 0 radical (unpaired) electrons. The monoisotopic (exact) mass is 277 g/mol. The fourth-order valence-corrected chi connectivity index (χ4v) is 2.65. The molecule has 0 fully saturated rings. The molecule has 0 bridgehead atoms. The van der Waals surface area contributed by atoms with Gasteiger partial charge in [-0.25, -0.2) is 13.2 Å². The van der Waals surface area contributed by atoms with E-state index in [1.165, 1.54) is 6.07 Å². The molecule has 1 atom stereocenters. The third-order valence-electron chi connectivity index (χ3n) is 2.52. The maximum Gasteiger partial charge on any atom is 0.194 e. The molecule has 102 valence electrons. The van der Waals surface area contributed by atoms with Crippen molar-refractivity contribution < 1.29 is 13.2 Å². The van der Waals surface area contributed by atoms with Gasteiger partial charge in [0.2, 0.25) is 0 Å². The Morgan fingerprint density at radius 2 is 1.89 bits per heavy atom. The molecule has 0 saturated carbocycles. The van der Waals surface area contributed by atoms with Gasteiger partial charge in [0.1, 0.15) is 0 Å². The van der Waals surface area contributed by atoms with Gasteiger partial charge in [0.15, 0.2) is 17.5 Å². The lowest BCUT2D eigenvalue weighted by Gasteiger charge is -2.19. The lowest BCUT2D eigenvalue weighted by Crippen LogP contribution is -2.24. The van der Waals surface area contributed by atoms with Crippen LogP contribution in [0.2, 0.25) is 0 Å². The van der Waals surface area contributed by atoms with Crippen LogP contribution in [-0.4, -0.2) is 18.1 Å². The van der Waals surface area contributed by atoms with Gasteiger partial charge in [0.05, 0.1) is 0 Å². The third kappa shape index (κ3) is 3.92. The Hall–Kier alpha value is -0.680. The van der Waals surface area contributed by atoms with Gasteiger partial charge in [-0.3, -0.25) is 0 Å². The molecule has 1 aromatic carbocycles. The van der Waals surface area contributed by atoms with Crippen molar-refractivity contribution >= 4 is 11.8 Å². The maximum absolute atomic E-state index is 13.7. The van der Waals surface area contributed by atoms with Gasteiger partial charge in [0, 0.05) is 17.4 Å². The third-order valence-corrected chi connectivity index (χ3v) is 3.79. The summed E-state index contributed by atoms with van der Waals surface area (Å²) in [5.74, 6) is -2.02. The highest BCUT2D eigenvalue weighted by molar-refractivity contribution is 7.99. The lowest BCUT2D eigenvalue weighted by atomic mass is 10.1. The molecule has 0 aliphatic carbocycles. The Morgan fingerprint density at radius 1 is 1.17 bits per heavy atom. The summed E-state index contributed by atoms with van der Waals surface area (Å²) in [6.45, 7) is 4.61. The number of thioether (sulfide) groups is 1. The minimum absolute atomic E-state index is 0.194. The smallest absolute Gasteiger partial charge is 0.194 e. The van der Waals surface area contributed by atoms with Crippen molar-refractivity contribution in [2.75, 3.05) is 18.1 Å². The fraction of sp³-hybridized carbons (Fsp3) is 0.538. The van der Waals surface area contributed by atoms with Crippen LogP contribution in [0.15, 0.2) is 12.1 Å². The van der Waals surface area contributed by atoms with Crippen LogP contribution < -0.4 is 5.32 Å². The molecule has 0 amide bonds. The topological polar surface area (TPSA) is 12.0 Å². The molecule has 0 saturated heterocycles. The van der Waals surface area contributed by atoms with Gasteiger partial charge >= 0.3 is 0 Å². The molecule has 1 unspecified atom stereocenters. The standard InChI is InChI=1S/C13H18F3NS/c1-3-7-18-8-11(17-4-2)9-5-6-10(14)13(16)12(9)15/h5-6,11,17H,3-4,7-8H2,1-2H3. The summed E-state index contributed by atoms with van der Waals surface area (Å²) in [6, 6.07) is 2.00. The molecule has 1 aromatic rings. The highest BCUT2D eigenvalue weighted by atomic mass is 32.2. The van der Waals surface area contributed by atoms with Gasteiger partial charge in [0.25, 0.3) is 0 Å². The first kappa shape index (κ1) is 15.4. The van der Waals surface area contributed by atoms with E-state index in [2.05, 4.69) is 12.2 Å². The van der Waals surface area contributed by atoms with Crippen LogP contribution in [0.3, 0.4) is 0 Å². The summed E-state index contributed by atoms with van der Waals surface area (Å²) in [5.41, 5.74) is 0.194. The van der Waals surface area contributed by atoms with Crippen molar-refractivity contribution in [1.82, 2.24) is 5.32 Å². The average Bonchev–Trinajstić information content (AvgIpc) is 2.36. The van der Waals surface area contributed by atoms with Crippen molar-refractivity contribution in [2.45, 2.75) is 26.3 Å². The zero-order chi connectivity index (χ0) is 13.5. The van der Waals surface area contributed by atoms with E-state index in [0.29, 0.717) is 12.3 Å². The molecule has 0 spiro atoms. The molecule has 1 rings (SSSR count). The van der Waals surface area contributed by atoms with E-state index < -0.39 is 17.5 Å². The minimum Gasteiger partial charge on any atom is -0.309 e. The van der Waals surface area contributed by atoms with Crippen LogP contribution in [0.1, 0.15) is 31.9 Å². The van der Waals surface area contributed by atoms with E-state index in [1.54, 1.807) is 11.8 Å². The van der Waals surface area contributed by atoms with E-state index in [9.17, 15) is 13.2 Å². The van der Waals surface area contributed by atoms with Gasteiger partial charge < -0.3 is 5.32 Å². The number of nitrogens with one attached hydrogen (secondary N) is 1. The van der Waals surface area contributed by atoms with Gasteiger partial charge in [-0.05, 0) is 24.8 Å². The molecule has 0 aliphatic rings. The van der Waals surface area contributed by atoms with Crippen molar-refractivity contribution in [3.8, 4) is 0 Å². The maximum atomic E-state index is 13.7. The summed E-state index contributed by atoms with van der Waals surface area (Å²) < 4.78 is 39.8. The summed E-state index contributed by atoms with van der Waals surface area (Å²) in [5, 5.41) is 3.10. The summed E-state index contributed by atoms with van der Waals surface area (Å²) >= 11 is 1.67. The van der Waals surface area contributed by atoms with E-state index in [4.69, 9.17) is 0 Å². The second-order valence-electron chi connectivity index (χ2n) is 3.95. The van der Waals surface area contributed by atoms with Crippen molar-refractivity contribution in [1.29, 1.82) is 0 Å². The molecule has 18 heavy (non-hydrogen) atoms. The Morgan fingerprint density at radius 3 is 2.50 bits per heavy atom. The average molecular weight is 277 g/mol. The van der Waals surface area contributed by atoms with Gasteiger partial charge in [-0.15, -0.1) is 0 Å². The summed E-state index contributed by atoms with van der Waals surface area (Å²) in [4.78, 5) is 0. The van der Waals surface area contributed by atoms with E-state index >= 15 is 0 Å². The van der Waals surface area contributed by atoms with Crippen LogP contribution in [0.25, 0.3) is 0 Å². The highest BCUT2D eigenvalue weighted by Crippen LogP contribution is 2.24. The Kier molecular flexibility index (Phi) is 6.57. The van der Waals surface area contributed by atoms with Crippen LogP contribution in [0, 0.1) is 17.5 Å². The van der Waals surface area contributed by atoms with Crippen molar-refractivity contribution in [2.24, 2.45) is 0 Å². The Balaban J connectivity index is 2.87. The van der Waals surface area contributed by atoms with Crippen LogP contribution >= 0.6 is 11.8 Å². The van der Waals surface area contributed by atoms with E-state index in [1.807, 2.05) is 6.92 Å². The number of halogens is 3. The first-order chi connectivity index (χ1) is 8.61. The van der Waals surface area contributed by atoms with E-state index in [-0.39, 0.29) is 11.6 Å². The van der Waals surface area contributed by atoms with Crippen molar-refractivity contribution in [3.63, 3.8) is 0 Å². The predicted molar refractivity (Wildman–Crippen MR) is 70.3 cm³/mol. The molecule has 1 nitrogen and oxygen atoms in total. The van der Waals surface area contributed by atoms with Gasteiger partial charge in [-0.1, -0.05) is 19.9 Å². The Labute approximate surface area is 110 Å². The number of hydrogen-bond donors (Lipinski definition) is 1. The second-order valence-corrected chi connectivity index (χ2v) is 5.10. The predicted octanol–water partition coefficient (Wildman–Crippen LogP) is 3.90. The molecule has 0 aromatic heterocycles. The molecule has 5 heteroatoms. The quantitative estimate of drug-likeness (QED) is 0.599. The van der Waals surface area contributed by atoms with Crippen molar-refractivity contribution in [3.05, 3.63) is 35.1 Å². The lowest BCUT2D eigenvalue weighted by molar-refractivity contribution is 0.431. The highest BCUT2D eigenvalue weighted by Gasteiger charge is 2.20. The molecule has 0 aliphatic heterocycles. The van der Waals surface area contributed by atoms with Gasteiger partial charge in [-0.2, -0.15) is 11.8 Å². The second kappa shape index (κ2) is 7.69. The zero-order valence-corrected chi connectivity index (χ0v) is 11.4. The first-order valence-corrected chi connectivity index (χ1v) is 7.21. The summed E-state index contributed by atoms with van der Waals surface area (Å²) in [7, 11) is 0. The molecule has 0 heterocycles. The van der Waals surface area contributed by atoms with E-state index in [0.717, 1.165) is 18.2 Å². The number of hydrogen-bond acceptors (Lipinski definition) is 2. The molecule has 1 N–H and O–H groups in total. The normalized spacial score (nSPS) is 12.7. The minimum atomic E-state index is -1.39. The first-order valence-electron chi connectivity index (χ1n) is 6.06. The zero-order valence-electron chi connectivity index (χ0n) is 10.6. The van der Waals surface area contributed by atoms with Crippen LogP contribution in [0.4, 0.5) is 13.2 Å². The fourth-order valence-electron chi connectivity index (χ4n) is 1.66. The number of rotatable bonds is 7. The van der Waals surface area contributed by atoms with Crippen LogP contribution in [0.5, 0.6) is 0 Å². The molecular weight excluding hydrogens is 259 g/mol. The van der Waals surface area contributed by atoms with Crippen LogP contribution in [-0.2, 0) is 0 Å². The number of benzene rings is 1. The SMILES string of the molecule is CCCSCC(NCC)c1ccc(F)c(F)c1F. The Bertz CT molecular complexity index is 385. The summed E-state index contributed by atoms with van der Waals surface area (Å²) in [6.07, 6.45) is 1.03. The largest absolute Gasteiger partial charge is 0.309 e.